The van der Waals surface area contributed by atoms with Crippen molar-refractivity contribution in [3.63, 3.8) is 0 Å². The zero-order valence-electron chi connectivity index (χ0n) is 13.4. The van der Waals surface area contributed by atoms with E-state index in [2.05, 4.69) is 30.7 Å². The van der Waals surface area contributed by atoms with Gasteiger partial charge in [-0.25, -0.2) is 18.3 Å². The van der Waals surface area contributed by atoms with Crippen molar-refractivity contribution in [2.24, 2.45) is 0 Å². The van der Waals surface area contributed by atoms with Crippen molar-refractivity contribution in [3.8, 4) is 11.4 Å². The highest BCUT2D eigenvalue weighted by molar-refractivity contribution is 9.10. The van der Waals surface area contributed by atoms with E-state index in [1.165, 1.54) is 18.2 Å². The summed E-state index contributed by atoms with van der Waals surface area (Å²) >= 11 is 9.07. The Morgan fingerprint density at radius 2 is 1.86 bits per heavy atom. The molecular weight excluding hydrogens is 489 g/mol. The van der Waals surface area contributed by atoms with Crippen LogP contribution in [-0.4, -0.2) is 23.6 Å². The SMILES string of the molecule is O=c1[nH]nc(-c2cc(NS(=O)(=O)c3ccc(Br)cc3Cl)cc(C(F)(F)F)c2)[nH]1. The van der Waals surface area contributed by atoms with Gasteiger partial charge >= 0.3 is 11.9 Å². The second-order valence-corrected chi connectivity index (χ2v) is 8.48. The van der Waals surface area contributed by atoms with Gasteiger partial charge in [0, 0.05) is 10.0 Å². The lowest BCUT2D eigenvalue weighted by atomic mass is 10.1. The van der Waals surface area contributed by atoms with Crippen molar-refractivity contribution < 1.29 is 21.6 Å². The molecule has 0 spiro atoms. The number of benzene rings is 2. The summed E-state index contributed by atoms with van der Waals surface area (Å²) in [6.45, 7) is 0. The van der Waals surface area contributed by atoms with Gasteiger partial charge in [-0.3, -0.25) is 9.71 Å². The van der Waals surface area contributed by atoms with Crippen LogP contribution in [0, 0.1) is 0 Å². The summed E-state index contributed by atoms with van der Waals surface area (Å²) in [5.41, 5.74) is -2.38. The number of hydrogen-bond donors (Lipinski definition) is 3. The van der Waals surface area contributed by atoms with Gasteiger partial charge in [0.15, 0.2) is 5.82 Å². The second kappa shape index (κ2) is 7.26. The smallest absolute Gasteiger partial charge is 0.289 e. The fourth-order valence-corrected chi connectivity index (χ4v) is 4.38. The number of hydrogen-bond acceptors (Lipinski definition) is 4. The lowest BCUT2D eigenvalue weighted by molar-refractivity contribution is -0.137. The van der Waals surface area contributed by atoms with E-state index < -0.39 is 27.5 Å². The molecule has 2 aromatic carbocycles. The van der Waals surface area contributed by atoms with E-state index in [4.69, 9.17) is 11.6 Å². The number of halogens is 5. The van der Waals surface area contributed by atoms with E-state index in [1.54, 1.807) is 0 Å². The first kappa shape index (κ1) is 20.4. The molecule has 0 atom stereocenters. The molecule has 1 heterocycles. The van der Waals surface area contributed by atoms with Crippen LogP contribution in [0.15, 0.2) is 50.6 Å². The first-order chi connectivity index (χ1) is 13.0. The Morgan fingerprint density at radius 3 is 2.43 bits per heavy atom. The lowest BCUT2D eigenvalue weighted by Crippen LogP contribution is -2.15. The summed E-state index contributed by atoms with van der Waals surface area (Å²) in [6, 6.07) is 6.42. The monoisotopic (exact) mass is 496 g/mol. The Morgan fingerprint density at radius 1 is 1.14 bits per heavy atom. The maximum atomic E-state index is 13.2. The van der Waals surface area contributed by atoms with Crippen molar-refractivity contribution in [3.05, 3.63) is 61.9 Å². The molecule has 0 aliphatic heterocycles. The first-order valence-electron chi connectivity index (χ1n) is 7.31. The minimum absolute atomic E-state index is 0.120. The molecule has 1 aromatic heterocycles. The van der Waals surface area contributed by atoms with Crippen LogP contribution < -0.4 is 10.4 Å². The van der Waals surface area contributed by atoms with Gasteiger partial charge in [-0.15, -0.1) is 0 Å². The fourth-order valence-electron chi connectivity index (χ4n) is 2.30. The zero-order valence-corrected chi connectivity index (χ0v) is 16.6. The van der Waals surface area contributed by atoms with Crippen molar-refractivity contribution >= 4 is 43.2 Å². The van der Waals surface area contributed by atoms with Gasteiger partial charge in [0.05, 0.1) is 16.3 Å². The minimum atomic E-state index is -4.76. The number of anilines is 1. The average Bonchev–Trinajstić information content (AvgIpc) is 2.99. The number of alkyl halides is 3. The summed E-state index contributed by atoms with van der Waals surface area (Å²) in [7, 11) is -4.29. The number of sulfonamides is 1. The number of aromatic amines is 2. The van der Waals surface area contributed by atoms with Crippen LogP contribution in [0.3, 0.4) is 0 Å². The molecule has 148 valence electrons. The fraction of sp³-hybridized carbons (Fsp3) is 0.0667. The van der Waals surface area contributed by atoms with Gasteiger partial charge in [-0.05, 0) is 36.4 Å². The molecule has 0 aliphatic carbocycles. The van der Waals surface area contributed by atoms with E-state index in [0.717, 1.165) is 12.1 Å². The number of nitrogens with one attached hydrogen (secondary N) is 3. The van der Waals surface area contributed by atoms with Gasteiger partial charge in [-0.2, -0.15) is 18.3 Å². The number of nitrogens with zero attached hydrogens (tertiary/aromatic N) is 1. The summed E-state index contributed by atoms with van der Waals surface area (Å²) < 4.78 is 67.4. The normalized spacial score (nSPS) is 12.2. The van der Waals surface area contributed by atoms with Crippen LogP contribution in [0.5, 0.6) is 0 Å². The number of H-pyrrole nitrogens is 2. The summed E-state index contributed by atoms with van der Waals surface area (Å²) in [5, 5.41) is 5.47. The Bertz CT molecular complexity index is 1210. The lowest BCUT2D eigenvalue weighted by Gasteiger charge is -2.14. The molecule has 0 bridgehead atoms. The van der Waals surface area contributed by atoms with Gasteiger partial charge in [0.1, 0.15) is 4.90 Å². The van der Waals surface area contributed by atoms with Crippen LogP contribution in [0.1, 0.15) is 5.56 Å². The van der Waals surface area contributed by atoms with Crippen LogP contribution in [0.4, 0.5) is 18.9 Å². The van der Waals surface area contributed by atoms with E-state index in [1.807, 2.05) is 5.10 Å². The maximum Gasteiger partial charge on any atom is 0.416 e. The Hall–Kier alpha value is -2.31. The molecule has 3 aromatic rings. The van der Waals surface area contributed by atoms with Crippen LogP contribution in [0.2, 0.25) is 5.02 Å². The molecule has 7 nitrogen and oxygen atoms in total. The molecule has 28 heavy (non-hydrogen) atoms. The topological polar surface area (TPSA) is 108 Å². The number of rotatable bonds is 4. The van der Waals surface area contributed by atoms with E-state index in [9.17, 15) is 26.4 Å². The Balaban J connectivity index is 2.09. The summed E-state index contributed by atoms with van der Waals surface area (Å²) in [5.74, 6) is -0.182. The standard InChI is InChI=1S/C15H9BrClF3N4O3S/c16-9-1-2-12(11(17)6-9)28(26,27)24-10-4-7(13-21-14(25)23-22-13)3-8(5-10)15(18,19)20/h1-6,24H,(H2,21,22,23,25). The van der Waals surface area contributed by atoms with E-state index in [-0.39, 0.29) is 27.0 Å². The highest BCUT2D eigenvalue weighted by atomic mass is 79.9. The molecule has 0 aliphatic rings. The Labute approximate surface area is 169 Å². The van der Waals surface area contributed by atoms with Crippen molar-refractivity contribution in [2.45, 2.75) is 11.1 Å². The quantitative estimate of drug-likeness (QED) is 0.506. The van der Waals surface area contributed by atoms with Crippen molar-refractivity contribution in [1.29, 1.82) is 0 Å². The molecular formula is C15H9BrClF3N4O3S. The van der Waals surface area contributed by atoms with Gasteiger partial charge in [0.2, 0.25) is 0 Å². The predicted molar refractivity (Wildman–Crippen MR) is 99.6 cm³/mol. The highest BCUT2D eigenvalue weighted by Gasteiger charge is 2.32. The average molecular weight is 498 g/mol. The van der Waals surface area contributed by atoms with E-state index >= 15 is 0 Å². The maximum absolute atomic E-state index is 13.2. The van der Waals surface area contributed by atoms with Crippen molar-refractivity contribution in [2.75, 3.05) is 4.72 Å². The molecule has 0 unspecified atom stereocenters. The van der Waals surface area contributed by atoms with E-state index in [0.29, 0.717) is 10.5 Å². The van der Waals surface area contributed by atoms with Crippen molar-refractivity contribution in [1.82, 2.24) is 15.2 Å². The molecule has 0 radical (unpaired) electrons. The van der Waals surface area contributed by atoms with Crippen LogP contribution >= 0.6 is 27.5 Å². The minimum Gasteiger partial charge on any atom is -0.289 e. The molecule has 3 N–H and O–H groups in total. The molecule has 0 fully saturated rings. The third kappa shape index (κ3) is 4.39. The molecule has 0 saturated carbocycles. The first-order valence-corrected chi connectivity index (χ1v) is 9.96. The molecule has 0 saturated heterocycles. The highest BCUT2D eigenvalue weighted by Crippen LogP contribution is 2.35. The zero-order chi connectivity index (χ0) is 20.7. The van der Waals surface area contributed by atoms with Gasteiger partial charge in [-0.1, -0.05) is 27.5 Å². The summed E-state index contributed by atoms with van der Waals surface area (Å²) in [6.07, 6.45) is -4.76. The molecule has 3 rings (SSSR count). The molecule has 13 heteroatoms. The van der Waals surface area contributed by atoms with Crippen LogP contribution in [0.25, 0.3) is 11.4 Å². The predicted octanol–water partition coefficient (Wildman–Crippen LogP) is 4.00. The second-order valence-electron chi connectivity index (χ2n) is 5.50. The van der Waals surface area contributed by atoms with Gasteiger partial charge in [0.25, 0.3) is 10.0 Å². The summed E-state index contributed by atoms with van der Waals surface area (Å²) in [4.78, 5) is 13.1. The van der Waals surface area contributed by atoms with Gasteiger partial charge < -0.3 is 0 Å². The van der Waals surface area contributed by atoms with Crippen LogP contribution in [-0.2, 0) is 16.2 Å². The third-order valence-corrected chi connectivity index (χ3v) is 5.83. The largest absolute Gasteiger partial charge is 0.416 e. The Kier molecular flexibility index (Phi) is 5.30. The third-order valence-electron chi connectivity index (χ3n) is 3.47. The number of aromatic nitrogens is 3. The molecule has 0 amide bonds.